The summed E-state index contributed by atoms with van der Waals surface area (Å²) >= 11 is 0. The molecule has 0 aliphatic carbocycles. The van der Waals surface area contributed by atoms with Crippen LogP contribution in [0.25, 0.3) is 0 Å². The maximum Gasteiger partial charge on any atom is 0.243 e. The van der Waals surface area contributed by atoms with E-state index >= 15 is 0 Å². The van der Waals surface area contributed by atoms with Gasteiger partial charge >= 0.3 is 0 Å². The van der Waals surface area contributed by atoms with Gasteiger partial charge in [-0.2, -0.15) is 4.31 Å². The van der Waals surface area contributed by atoms with Gasteiger partial charge in [-0.1, -0.05) is 24.6 Å². The van der Waals surface area contributed by atoms with Gasteiger partial charge in [-0.15, -0.1) is 24.8 Å². The third kappa shape index (κ3) is 6.80. The maximum absolute atomic E-state index is 12.7. The van der Waals surface area contributed by atoms with Crippen molar-refractivity contribution >= 4 is 40.7 Å². The largest absolute Gasteiger partial charge is 0.352 e. The van der Waals surface area contributed by atoms with Crippen LogP contribution in [-0.2, 0) is 14.8 Å². The van der Waals surface area contributed by atoms with E-state index in [0.717, 1.165) is 25.1 Å². The fraction of sp³-hybridized carbons (Fsp3) is 0.632. The third-order valence-corrected chi connectivity index (χ3v) is 7.40. The van der Waals surface area contributed by atoms with Crippen LogP contribution in [0.5, 0.6) is 0 Å². The molecule has 0 saturated carbocycles. The van der Waals surface area contributed by atoms with Gasteiger partial charge in [0.15, 0.2) is 0 Å². The lowest BCUT2D eigenvalue weighted by Gasteiger charge is -2.35. The Bertz CT molecular complexity index is 753. The predicted octanol–water partition coefficient (Wildman–Crippen LogP) is 1.26. The molecule has 0 aromatic heterocycles. The molecule has 2 aliphatic rings. The molecule has 2 fully saturated rings. The minimum absolute atomic E-state index is 0. The van der Waals surface area contributed by atoms with E-state index in [0.29, 0.717) is 43.5 Å². The summed E-state index contributed by atoms with van der Waals surface area (Å²) in [5.74, 6) is 0.461. The number of nitrogens with zero attached hydrogens (tertiary/aromatic N) is 2. The van der Waals surface area contributed by atoms with Crippen molar-refractivity contribution < 1.29 is 13.2 Å². The normalized spacial score (nSPS) is 23.5. The molecule has 166 valence electrons. The van der Waals surface area contributed by atoms with Crippen LogP contribution in [0, 0.1) is 12.8 Å². The van der Waals surface area contributed by atoms with Crippen molar-refractivity contribution in [2.75, 3.05) is 45.8 Å². The Hall–Kier alpha value is -0.900. The van der Waals surface area contributed by atoms with Gasteiger partial charge in [0.1, 0.15) is 0 Å². The van der Waals surface area contributed by atoms with E-state index in [1.807, 2.05) is 24.0 Å². The van der Waals surface area contributed by atoms with Gasteiger partial charge in [0.05, 0.1) is 11.4 Å². The molecule has 0 radical (unpaired) electrons. The van der Waals surface area contributed by atoms with Crippen LogP contribution in [0.2, 0.25) is 0 Å². The predicted molar refractivity (Wildman–Crippen MR) is 119 cm³/mol. The molecule has 2 N–H and O–H groups in total. The molecule has 1 amide bonds. The van der Waals surface area contributed by atoms with Gasteiger partial charge in [-0.05, 0) is 44.5 Å². The van der Waals surface area contributed by atoms with Crippen LogP contribution < -0.4 is 10.6 Å². The molecule has 2 heterocycles. The van der Waals surface area contributed by atoms with Crippen molar-refractivity contribution in [2.24, 2.45) is 5.92 Å². The van der Waals surface area contributed by atoms with Crippen LogP contribution in [-0.4, -0.2) is 75.4 Å². The second kappa shape index (κ2) is 11.5. The number of halogens is 2. The molecule has 29 heavy (non-hydrogen) atoms. The highest BCUT2D eigenvalue weighted by molar-refractivity contribution is 7.89. The first-order valence-corrected chi connectivity index (χ1v) is 11.1. The summed E-state index contributed by atoms with van der Waals surface area (Å²) in [7, 11) is -3.46. The van der Waals surface area contributed by atoms with E-state index in [-0.39, 0.29) is 36.8 Å². The average molecular weight is 467 g/mol. The smallest absolute Gasteiger partial charge is 0.243 e. The topological polar surface area (TPSA) is 81.8 Å². The lowest BCUT2D eigenvalue weighted by molar-refractivity contribution is -0.123. The van der Waals surface area contributed by atoms with Gasteiger partial charge in [0, 0.05) is 32.2 Å². The number of carbonyl (C=O) groups excluding carboxylic acids is 1. The molecular formula is C19H32Cl2N4O3S. The minimum atomic E-state index is -3.46. The number of piperazine rings is 1. The summed E-state index contributed by atoms with van der Waals surface area (Å²) in [6, 6.07) is 7.17. The maximum atomic E-state index is 12.7. The first-order valence-electron chi connectivity index (χ1n) is 9.65. The Morgan fingerprint density at radius 3 is 2.34 bits per heavy atom. The summed E-state index contributed by atoms with van der Waals surface area (Å²) in [6.07, 6.45) is 0.954. The Balaban J connectivity index is 0.00000210. The SMILES string of the molecule is Cc1ccc(S(=O)(=O)N2CCN(CC(=O)NC3CCNCC3C)CC2)cc1.Cl.Cl. The summed E-state index contributed by atoms with van der Waals surface area (Å²) in [5.41, 5.74) is 1.04. The van der Waals surface area contributed by atoms with Crippen molar-refractivity contribution in [1.82, 2.24) is 19.8 Å². The second-order valence-electron chi connectivity index (χ2n) is 7.64. The number of hydrogen-bond acceptors (Lipinski definition) is 5. The van der Waals surface area contributed by atoms with Crippen molar-refractivity contribution in [3.63, 3.8) is 0 Å². The van der Waals surface area contributed by atoms with Crippen molar-refractivity contribution in [1.29, 1.82) is 0 Å². The van der Waals surface area contributed by atoms with E-state index < -0.39 is 10.0 Å². The molecule has 1 aromatic carbocycles. The number of nitrogens with one attached hydrogen (secondary N) is 2. The molecular weight excluding hydrogens is 435 g/mol. The van der Waals surface area contributed by atoms with Gasteiger partial charge in [-0.25, -0.2) is 8.42 Å². The molecule has 2 aliphatic heterocycles. The first kappa shape index (κ1) is 26.1. The number of amides is 1. The molecule has 2 atom stereocenters. The van der Waals surface area contributed by atoms with E-state index in [9.17, 15) is 13.2 Å². The van der Waals surface area contributed by atoms with Gasteiger partial charge in [0.2, 0.25) is 15.9 Å². The quantitative estimate of drug-likeness (QED) is 0.682. The summed E-state index contributed by atoms with van der Waals surface area (Å²) < 4.78 is 27.0. The van der Waals surface area contributed by atoms with Crippen LogP contribution in [0.4, 0.5) is 0 Å². The van der Waals surface area contributed by atoms with Gasteiger partial charge in [-0.3, -0.25) is 9.69 Å². The highest BCUT2D eigenvalue weighted by Gasteiger charge is 2.29. The fourth-order valence-corrected chi connectivity index (χ4v) is 5.09. The summed E-state index contributed by atoms with van der Waals surface area (Å²) in [4.78, 5) is 14.7. The van der Waals surface area contributed by atoms with E-state index in [4.69, 9.17) is 0 Å². The molecule has 7 nitrogen and oxygen atoms in total. The van der Waals surface area contributed by atoms with Gasteiger partial charge in [0.25, 0.3) is 0 Å². The number of hydrogen-bond donors (Lipinski definition) is 2. The monoisotopic (exact) mass is 466 g/mol. The Labute approximate surface area is 186 Å². The van der Waals surface area contributed by atoms with Gasteiger partial charge < -0.3 is 10.6 Å². The van der Waals surface area contributed by atoms with Crippen LogP contribution in [0.15, 0.2) is 29.2 Å². The van der Waals surface area contributed by atoms with Crippen LogP contribution in [0.1, 0.15) is 18.9 Å². The summed E-state index contributed by atoms with van der Waals surface area (Å²) in [6.45, 7) is 8.23. The Morgan fingerprint density at radius 1 is 1.14 bits per heavy atom. The molecule has 2 saturated heterocycles. The number of rotatable bonds is 5. The number of aryl methyl sites for hydroxylation is 1. The number of sulfonamides is 1. The van der Waals surface area contributed by atoms with Crippen LogP contribution >= 0.6 is 24.8 Å². The zero-order valence-corrected chi connectivity index (χ0v) is 19.4. The minimum Gasteiger partial charge on any atom is -0.352 e. The summed E-state index contributed by atoms with van der Waals surface area (Å²) in [5, 5.41) is 6.47. The molecule has 0 bridgehead atoms. The Kier molecular flexibility index (Phi) is 10.3. The first-order chi connectivity index (χ1) is 12.9. The zero-order chi connectivity index (χ0) is 19.4. The molecule has 10 heteroatoms. The Morgan fingerprint density at radius 2 is 1.76 bits per heavy atom. The fourth-order valence-electron chi connectivity index (χ4n) is 3.67. The van der Waals surface area contributed by atoms with Crippen molar-refractivity contribution in [2.45, 2.75) is 31.2 Å². The number of piperidine rings is 1. The standard InChI is InChI=1S/C19H30N4O3S.2ClH/c1-15-3-5-17(6-4-15)27(25,26)23-11-9-22(10-12-23)14-19(24)21-18-7-8-20-13-16(18)2;;/h3-6,16,18,20H,7-14H2,1-2H3,(H,21,24);2*1H. The average Bonchev–Trinajstić information content (AvgIpc) is 2.64. The van der Waals surface area contributed by atoms with Crippen molar-refractivity contribution in [3.8, 4) is 0 Å². The third-order valence-electron chi connectivity index (χ3n) is 5.49. The number of carbonyl (C=O) groups is 1. The van der Waals surface area contributed by atoms with E-state index in [1.54, 1.807) is 12.1 Å². The van der Waals surface area contributed by atoms with E-state index in [2.05, 4.69) is 17.6 Å². The van der Waals surface area contributed by atoms with E-state index in [1.165, 1.54) is 4.31 Å². The van der Waals surface area contributed by atoms with Crippen molar-refractivity contribution in [3.05, 3.63) is 29.8 Å². The molecule has 1 aromatic rings. The second-order valence-corrected chi connectivity index (χ2v) is 9.58. The van der Waals surface area contributed by atoms with Crippen LogP contribution in [0.3, 0.4) is 0 Å². The molecule has 3 rings (SSSR count). The number of benzene rings is 1. The lowest BCUT2D eigenvalue weighted by atomic mass is 9.95. The zero-order valence-electron chi connectivity index (χ0n) is 17.0. The molecule has 0 spiro atoms. The highest BCUT2D eigenvalue weighted by Crippen LogP contribution is 2.18. The lowest BCUT2D eigenvalue weighted by Crippen LogP contribution is -2.54. The highest BCUT2D eigenvalue weighted by atomic mass is 35.5. The molecule has 2 unspecified atom stereocenters.